The van der Waals surface area contributed by atoms with Crippen LogP contribution in [0.15, 0.2) is 36.4 Å². The van der Waals surface area contributed by atoms with Gasteiger partial charge in [0.1, 0.15) is 0 Å². The first-order valence-corrected chi connectivity index (χ1v) is 9.35. The second-order valence-electron chi connectivity index (χ2n) is 5.93. The summed E-state index contributed by atoms with van der Waals surface area (Å²) >= 11 is 8.08. The maximum atomic E-state index is 11.9. The molecule has 0 aliphatic carbocycles. The van der Waals surface area contributed by atoms with Crippen LogP contribution in [0.3, 0.4) is 0 Å². The Hall–Kier alpha value is -1.40. The van der Waals surface area contributed by atoms with Gasteiger partial charge in [-0.25, -0.2) is 0 Å². The van der Waals surface area contributed by atoms with Crippen molar-refractivity contribution < 1.29 is 4.79 Å². The molecule has 1 saturated heterocycles. The van der Waals surface area contributed by atoms with Crippen molar-refractivity contribution in [3.05, 3.63) is 46.3 Å². The number of piperazine rings is 1. The molecule has 128 valence electrons. The first-order chi connectivity index (χ1) is 11.7. The fourth-order valence-electron chi connectivity index (χ4n) is 2.91. The van der Waals surface area contributed by atoms with Gasteiger partial charge in [-0.1, -0.05) is 29.8 Å². The van der Waals surface area contributed by atoms with Crippen LogP contribution in [0.5, 0.6) is 0 Å². The molecule has 0 spiro atoms. The molecule has 6 heteroatoms. The van der Waals surface area contributed by atoms with Gasteiger partial charge in [0.25, 0.3) is 0 Å². The van der Waals surface area contributed by atoms with Crippen molar-refractivity contribution in [1.29, 1.82) is 0 Å². The Morgan fingerprint density at radius 2 is 1.92 bits per heavy atom. The molecule has 0 atom stereocenters. The molecule has 0 saturated carbocycles. The van der Waals surface area contributed by atoms with Crippen molar-refractivity contribution in [3.8, 4) is 10.4 Å². The van der Waals surface area contributed by atoms with E-state index in [1.54, 1.807) is 11.3 Å². The van der Waals surface area contributed by atoms with E-state index in [1.807, 2.05) is 30.1 Å². The number of nitrogens with zero attached hydrogens (tertiary/aromatic N) is 2. The van der Waals surface area contributed by atoms with Gasteiger partial charge in [0, 0.05) is 53.1 Å². The van der Waals surface area contributed by atoms with Crippen LogP contribution in [0.25, 0.3) is 10.4 Å². The Morgan fingerprint density at radius 1 is 1.17 bits per heavy atom. The molecular formula is C18H22ClN3OS. The van der Waals surface area contributed by atoms with Crippen LogP contribution in [0, 0.1) is 0 Å². The molecule has 1 N–H and O–H groups in total. The molecule has 0 unspecified atom stereocenters. The van der Waals surface area contributed by atoms with Crippen molar-refractivity contribution in [2.45, 2.75) is 6.54 Å². The number of rotatable bonds is 5. The highest BCUT2D eigenvalue weighted by Crippen LogP contribution is 2.33. The van der Waals surface area contributed by atoms with Gasteiger partial charge in [0.15, 0.2) is 0 Å². The minimum absolute atomic E-state index is 0.189. The molecule has 0 radical (unpaired) electrons. The van der Waals surface area contributed by atoms with Crippen LogP contribution in [0.4, 0.5) is 0 Å². The van der Waals surface area contributed by atoms with E-state index in [2.05, 4.69) is 28.4 Å². The average Bonchev–Trinajstić information content (AvgIpc) is 3.04. The quantitative estimate of drug-likeness (QED) is 0.887. The maximum absolute atomic E-state index is 11.9. The van der Waals surface area contributed by atoms with E-state index < -0.39 is 0 Å². The largest absolute Gasteiger partial charge is 0.339 e. The van der Waals surface area contributed by atoms with Crippen LogP contribution in [-0.2, 0) is 11.3 Å². The van der Waals surface area contributed by atoms with Gasteiger partial charge in [-0.2, -0.15) is 0 Å². The Morgan fingerprint density at radius 3 is 2.62 bits per heavy atom. The van der Waals surface area contributed by atoms with Crippen molar-refractivity contribution in [2.24, 2.45) is 0 Å². The minimum atomic E-state index is 0.189. The van der Waals surface area contributed by atoms with Crippen molar-refractivity contribution in [3.63, 3.8) is 0 Å². The Balaban J connectivity index is 1.57. The lowest BCUT2D eigenvalue weighted by Gasteiger charge is -2.34. The van der Waals surface area contributed by atoms with Crippen molar-refractivity contribution in [1.82, 2.24) is 15.1 Å². The first-order valence-electron chi connectivity index (χ1n) is 8.15. The number of benzene rings is 1. The Bertz CT molecular complexity index is 695. The summed E-state index contributed by atoms with van der Waals surface area (Å²) in [5.74, 6) is 0.189. The summed E-state index contributed by atoms with van der Waals surface area (Å²) < 4.78 is 0. The summed E-state index contributed by atoms with van der Waals surface area (Å²) in [6.07, 6.45) is 0. The highest BCUT2D eigenvalue weighted by molar-refractivity contribution is 7.15. The van der Waals surface area contributed by atoms with Crippen LogP contribution >= 0.6 is 22.9 Å². The highest BCUT2D eigenvalue weighted by Gasteiger charge is 2.21. The molecule has 4 nitrogen and oxygen atoms in total. The first kappa shape index (κ1) is 17.4. The lowest BCUT2D eigenvalue weighted by Crippen LogP contribution is -2.50. The average molecular weight is 364 g/mol. The monoisotopic (exact) mass is 363 g/mol. The molecule has 1 aliphatic heterocycles. The van der Waals surface area contributed by atoms with E-state index in [0.29, 0.717) is 6.54 Å². The molecule has 2 aromatic rings. The second kappa shape index (κ2) is 8.12. The van der Waals surface area contributed by atoms with E-state index >= 15 is 0 Å². The molecule has 1 fully saturated rings. The number of halogens is 1. The van der Waals surface area contributed by atoms with E-state index in [-0.39, 0.29) is 5.91 Å². The molecule has 1 amide bonds. The van der Waals surface area contributed by atoms with Crippen molar-refractivity contribution in [2.75, 3.05) is 39.8 Å². The molecule has 2 heterocycles. The maximum Gasteiger partial charge on any atom is 0.236 e. The molecule has 1 aliphatic rings. The van der Waals surface area contributed by atoms with Gasteiger partial charge in [-0.05, 0) is 25.2 Å². The minimum Gasteiger partial charge on any atom is -0.339 e. The van der Waals surface area contributed by atoms with Crippen LogP contribution < -0.4 is 5.32 Å². The number of carbonyl (C=O) groups is 1. The van der Waals surface area contributed by atoms with Crippen LogP contribution in [0.1, 0.15) is 4.88 Å². The molecule has 24 heavy (non-hydrogen) atoms. The summed E-state index contributed by atoms with van der Waals surface area (Å²) in [5, 5.41) is 3.72. The van der Waals surface area contributed by atoms with Gasteiger partial charge in [-0.3, -0.25) is 9.69 Å². The third-order valence-corrected chi connectivity index (χ3v) is 5.67. The van der Waals surface area contributed by atoms with Gasteiger partial charge >= 0.3 is 0 Å². The van der Waals surface area contributed by atoms with E-state index in [1.165, 1.54) is 9.75 Å². The molecule has 1 aromatic heterocycles. The number of likely N-dealkylation sites (N-methyl/N-ethyl adjacent to an activating group) is 1. The molecule has 0 bridgehead atoms. The Kier molecular flexibility index (Phi) is 5.89. The zero-order chi connectivity index (χ0) is 16.9. The highest BCUT2D eigenvalue weighted by atomic mass is 35.5. The standard InChI is InChI=1S/C18H22ClN3OS/c1-20-12-18(23)22-10-8-21(9-11-22)13-14-6-7-17(24-14)15-4-2-3-5-16(15)19/h2-7,20H,8-13H2,1H3. The lowest BCUT2D eigenvalue weighted by molar-refractivity contribution is -0.131. The fraction of sp³-hybridized carbons (Fsp3) is 0.389. The van der Waals surface area contributed by atoms with Gasteiger partial charge in [0.05, 0.1) is 6.54 Å². The number of thiophene rings is 1. The zero-order valence-corrected chi connectivity index (χ0v) is 15.4. The normalized spacial score (nSPS) is 15.7. The summed E-state index contributed by atoms with van der Waals surface area (Å²) in [6.45, 7) is 4.82. The molecule has 3 rings (SSSR count). The number of amides is 1. The number of hydrogen-bond acceptors (Lipinski definition) is 4. The van der Waals surface area contributed by atoms with Crippen molar-refractivity contribution >= 4 is 28.8 Å². The van der Waals surface area contributed by atoms with E-state index in [4.69, 9.17) is 11.6 Å². The predicted molar refractivity (Wildman–Crippen MR) is 101 cm³/mol. The number of nitrogens with one attached hydrogen (secondary N) is 1. The van der Waals surface area contributed by atoms with Gasteiger partial charge < -0.3 is 10.2 Å². The number of hydrogen-bond donors (Lipinski definition) is 1. The summed E-state index contributed by atoms with van der Waals surface area (Å²) in [4.78, 5) is 18.8. The lowest BCUT2D eigenvalue weighted by atomic mass is 10.2. The van der Waals surface area contributed by atoms with Crippen LogP contribution in [0.2, 0.25) is 5.02 Å². The fourth-order valence-corrected chi connectivity index (χ4v) is 4.29. The molecule has 1 aromatic carbocycles. The SMILES string of the molecule is CNCC(=O)N1CCN(Cc2ccc(-c3ccccc3Cl)s2)CC1. The molecular weight excluding hydrogens is 342 g/mol. The summed E-state index contributed by atoms with van der Waals surface area (Å²) in [7, 11) is 1.81. The number of carbonyl (C=O) groups excluding carboxylic acids is 1. The smallest absolute Gasteiger partial charge is 0.236 e. The Labute approximate surface area is 152 Å². The van der Waals surface area contributed by atoms with E-state index in [9.17, 15) is 4.79 Å². The zero-order valence-electron chi connectivity index (χ0n) is 13.8. The predicted octanol–water partition coefficient (Wildman–Crippen LogP) is 2.93. The third kappa shape index (κ3) is 4.16. The van der Waals surface area contributed by atoms with Gasteiger partial charge in [0.2, 0.25) is 5.91 Å². The van der Waals surface area contributed by atoms with E-state index in [0.717, 1.165) is 43.3 Å². The third-order valence-electron chi connectivity index (χ3n) is 4.23. The van der Waals surface area contributed by atoms with Gasteiger partial charge in [-0.15, -0.1) is 11.3 Å². The second-order valence-corrected chi connectivity index (χ2v) is 7.51. The summed E-state index contributed by atoms with van der Waals surface area (Å²) in [5.41, 5.74) is 1.10. The summed E-state index contributed by atoms with van der Waals surface area (Å²) in [6, 6.07) is 12.3. The van der Waals surface area contributed by atoms with Crippen LogP contribution in [-0.4, -0.2) is 55.5 Å². The topological polar surface area (TPSA) is 35.6 Å².